The average molecular weight is 330 g/mol. The lowest BCUT2D eigenvalue weighted by atomic mass is 10.1. The maximum atomic E-state index is 13.0. The average Bonchev–Trinajstić information content (AvgIpc) is 2.66. The van der Waals surface area contributed by atoms with E-state index in [9.17, 15) is 4.79 Å². The maximum absolute atomic E-state index is 13.0. The van der Waals surface area contributed by atoms with Crippen molar-refractivity contribution in [1.29, 1.82) is 0 Å². The minimum absolute atomic E-state index is 0.0837. The Bertz CT molecular complexity index is 1100. The number of fused-ring (bicyclic) bond motifs is 2. The molecular weight excluding hydrogens is 312 g/mol. The second-order valence-electron chi connectivity index (χ2n) is 5.99. The number of aromatic nitrogens is 2. The molecule has 0 atom stereocenters. The van der Waals surface area contributed by atoms with Crippen LogP contribution in [0.2, 0.25) is 0 Å². The molecule has 4 rings (SSSR count). The van der Waals surface area contributed by atoms with Crippen LogP contribution in [-0.4, -0.2) is 9.55 Å². The SMILES string of the molecule is NNc1nc2cc3ccccc3cc2c(=O)n1CCc1ccccc1. The van der Waals surface area contributed by atoms with E-state index in [1.165, 1.54) is 0 Å². The summed E-state index contributed by atoms with van der Waals surface area (Å²) >= 11 is 0. The molecule has 3 aromatic carbocycles. The van der Waals surface area contributed by atoms with Gasteiger partial charge < -0.3 is 0 Å². The predicted octanol–water partition coefficient (Wildman–Crippen LogP) is 3.08. The quantitative estimate of drug-likeness (QED) is 0.343. The van der Waals surface area contributed by atoms with E-state index in [4.69, 9.17) is 5.84 Å². The van der Waals surface area contributed by atoms with E-state index in [0.29, 0.717) is 23.4 Å². The molecule has 1 heterocycles. The maximum Gasteiger partial charge on any atom is 0.262 e. The van der Waals surface area contributed by atoms with Gasteiger partial charge in [0, 0.05) is 6.54 Å². The van der Waals surface area contributed by atoms with Gasteiger partial charge in [0.15, 0.2) is 0 Å². The van der Waals surface area contributed by atoms with Crippen molar-refractivity contribution in [2.45, 2.75) is 13.0 Å². The molecule has 0 aliphatic carbocycles. The molecule has 0 bridgehead atoms. The third-order valence-corrected chi connectivity index (χ3v) is 4.42. The standard InChI is InChI=1S/C20H18N4O/c21-23-20-22-18-13-16-9-5-4-8-15(16)12-17(18)19(25)24(20)11-10-14-6-2-1-3-7-14/h1-9,12-13H,10-11,21H2,(H,22,23). The van der Waals surface area contributed by atoms with Crippen molar-refractivity contribution in [3.8, 4) is 0 Å². The number of aryl methyl sites for hydroxylation is 1. The first-order valence-corrected chi connectivity index (χ1v) is 8.20. The van der Waals surface area contributed by atoms with Crippen LogP contribution in [0.15, 0.2) is 71.5 Å². The van der Waals surface area contributed by atoms with Gasteiger partial charge >= 0.3 is 0 Å². The molecular formula is C20H18N4O. The van der Waals surface area contributed by atoms with Gasteiger partial charge in [-0.2, -0.15) is 0 Å². The van der Waals surface area contributed by atoms with Gasteiger partial charge in [0.05, 0.1) is 10.9 Å². The molecule has 0 spiro atoms. The largest absolute Gasteiger partial charge is 0.294 e. The molecule has 0 aliphatic heterocycles. The highest BCUT2D eigenvalue weighted by Crippen LogP contribution is 2.20. The number of nitrogen functional groups attached to an aromatic ring is 1. The number of nitrogens with one attached hydrogen (secondary N) is 1. The number of anilines is 1. The van der Waals surface area contributed by atoms with Crippen LogP contribution in [0.1, 0.15) is 5.56 Å². The van der Waals surface area contributed by atoms with Crippen LogP contribution >= 0.6 is 0 Å². The number of nitrogens with two attached hydrogens (primary N) is 1. The van der Waals surface area contributed by atoms with Crippen LogP contribution in [0, 0.1) is 0 Å². The summed E-state index contributed by atoms with van der Waals surface area (Å²) in [7, 11) is 0. The molecule has 124 valence electrons. The summed E-state index contributed by atoms with van der Waals surface area (Å²) in [4.78, 5) is 17.5. The zero-order chi connectivity index (χ0) is 17.2. The second-order valence-corrected chi connectivity index (χ2v) is 5.99. The Kier molecular flexibility index (Phi) is 3.91. The molecule has 0 amide bonds. The van der Waals surface area contributed by atoms with E-state index in [1.54, 1.807) is 4.57 Å². The van der Waals surface area contributed by atoms with Gasteiger partial charge in [0.25, 0.3) is 5.56 Å². The lowest BCUT2D eigenvalue weighted by Gasteiger charge is -2.13. The molecule has 4 aromatic rings. The molecule has 3 N–H and O–H groups in total. The van der Waals surface area contributed by atoms with Gasteiger partial charge in [-0.25, -0.2) is 10.8 Å². The van der Waals surface area contributed by atoms with Crippen molar-refractivity contribution in [1.82, 2.24) is 9.55 Å². The van der Waals surface area contributed by atoms with Gasteiger partial charge in [0.2, 0.25) is 5.95 Å². The third-order valence-electron chi connectivity index (χ3n) is 4.42. The molecule has 0 radical (unpaired) electrons. The summed E-state index contributed by atoms with van der Waals surface area (Å²) in [5.74, 6) is 6.00. The van der Waals surface area contributed by atoms with Crippen molar-refractivity contribution < 1.29 is 0 Å². The summed E-state index contributed by atoms with van der Waals surface area (Å²) in [5, 5.41) is 2.68. The van der Waals surface area contributed by atoms with Crippen LogP contribution in [-0.2, 0) is 13.0 Å². The van der Waals surface area contributed by atoms with E-state index < -0.39 is 0 Å². The Morgan fingerprint density at radius 1 is 0.960 bits per heavy atom. The van der Waals surface area contributed by atoms with Crippen molar-refractivity contribution in [3.05, 3.63) is 82.6 Å². The molecule has 0 unspecified atom stereocenters. The highest BCUT2D eigenvalue weighted by atomic mass is 16.1. The van der Waals surface area contributed by atoms with Crippen molar-refractivity contribution in [2.24, 2.45) is 5.84 Å². The van der Waals surface area contributed by atoms with Gasteiger partial charge in [-0.3, -0.25) is 14.8 Å². The Morgan fingerprint density at radius 2 is 1.64 bits per heavy atom. The molecule has 1 aromatic heterocycles. The highest BCUT2D eigenvalue weighted by molar-refractivity contribution is 5.96. The van der Waals surface area contributed by atoms with Crippen LogP contribution < -0.4 is 16.8 Å². The smallest absolute Gasteiger partial charge is 0.262 e. The Labute approximate surface area is 144 Å². The number of benzene rings is 3. The number of rotatable bonds is 4. The lowest BCUT2D eigenvalue weighted by Crippen LogP contribution is -2.28. The minimum Gasteiger partial charge on any atom is -0.294 e. The van der Waals surface area contributed by atoms with Gasteiger partial charge in [-0.05, 0) is 34.9 Å². The zero-order valence-corrected chi connectivity index (χ0v) is 13.6. The first-order valence-electron chi connectivity index (χ1n) is 8.20. The summed E-state index contributed by atoms with van der Waals surface area (Å²) < 4.78 is 1.60. The summed E-state index contributed by atoms with van der Waals surface area (Å²) in [6.07, 6.45) is 0.732. The highest BCUT2D eigenvalue weighted by Gasteiger charge is 2.11. The fourth-order valence-corrected chi connectivity index (χ4v) is 3.11. The summed E-state index contributed by atoms with van der Waals surface area (Å²) in [6, 6.07) is 21.8. The monoisotopic (exact) mass is 330 g/mol. The number of hydrogen-bond acceptors (Lipinski definition) is 4. The second kappa shape index (κ2) is 6.37. The Morgan fingerprint density at radius 3 is 2.36 bits per heavy atom. The molecule has 0 saturated carbocycles. The topological polar surface area (TPSA) is 72.9 Å². The van der Waals surface area contributed by atoms with E-state index in [1.807, 2.05) is 66.7 Å². The van der Waals surface area contributed by atoms with Gasteiger partial charge in [-0.1, -0.05) is 54.6 Å². The molecule has 5 heteroatoms. The van der Waals surface area contributed by atoms with Crippen LogP contribution in [0.4, 0.5) is 5.95 Å². The third kappa shape index (κ3) is 2.86. The van der Waals surface area contributed by atoms with Gasteiger partial charge in [0.1, 0.15) is 0 Å². The molecule has 0 fully saturated rings. The van der Waals surface area contributed by atoms with E-state index in [0.717, 1.165) is 22.8 Å². The number of hydrogen-bond donors (Lipinski definition) is 2. The predicted molar refractivity (Wildman–Crippen MR) is 101 cm³/mol. The first kappa shape index (κ1) is 15.4. The van der Waals surface area contributed by atoms with Crippen molar-refractivity contribution in [2.75, 3.05) is 5.43 Å². The van der Waals surface area contributed by atoms with Gasteiger partial charge in [-0.15, -0.1) is 0 Å². The molecule has 25 heavy (non-hydrogen) atoms. The fraction of sp³-hybridized carbons (Fsp3) is 0.100. The zero-order valence-electron chi connectivity index (χ0n) is 13.6. The van der Waals surface area contributed by atoms with Crippen LogP contribution in [0.3, 0.4) is 0 Å². The summed E-state index contributed by atoms with van der Waals surface area (Å²) in [5.41, 5.74) is 4.29. The van der Waals surface area contributed by atoms with E-state index >= 15 is 0 Å². The first-order chi connectivity index (χ1) is 12.3. The van der Waals surface area contributed by atoms with Crippen LogP contribution in [0.25, 0.3) is 21.7 Å². The van der Waals surface area contributed by atoms with E-state index in [-0.39, 0.29) is 5.56 Å². The number of hydrazine groups is 1. The minimum atomic E-state index is -0.0837. The molecule has 0 aliphatic rings. The molecule has 0 saturated heterocycles. The van der Waals surface area contributed by atoms with E-state index in [2.05, 4.69) is 10.4 Å². The van der Waals surface area contributed by atoms with Crippen LogP contribution in [0.5, 0.6) is 0 Å². The van der Waals surface area contributed by atoms with Crippen molar-refractivity contribution in [3.63, 3.8) is 0 Å². The lowest BCUT2D eigenvalue weighted by molar-refractivity contribution is 0.669. The van der Waals surface area contributed by atoms with Crippen molar-refractivity contribution >= 4 is 27.6 Å². The number of nitrogens with zero attached hydrogens (tertiary/aromatic N) is 2. The summed E-state index contributed by atoms with van der Waals surface area (Å²) in [6.45, 7) is 0.512. The molecule has 5 nitrogen and oxygen atoms in total. The normalized spacial score (nSPS) is 11.1. The Balaban J connectivity index is 1.83. The Hall–Kier alpha value is -3.18. The fourth-order valence-electron chi connectivity index (χ4n) is 3.11.